The molecule has 0 saturated carbocycles. The SMILES string of the molecule is CC(CN1CCCCCC1)C(N)c1ccccc1. The van der Waals surface area contributed by atoms with E-state index in [0.717, 1.165) is 6.54 Å². The molecule has 2 unspecified atom stereocenters. The number of nitrogens with two attached hydrogens (primary N) is 1. The summed E-state index contributed by atoms with van der Waals surface area (Å²) in [6.07, 6.45) is 5.51. The zero-order valence-electron chi connectivity index (χ0n) is 11.5. The van der Waals surface area contributed by atoms with Crippen LogP contribution in [0.25, 0.3) is 0 Å². The summed E-state index contributed by atoms with van der Waals surface area (Å²) >= 11 is 0. The van der Waals surface area contributed by atoms with Crippen molar-refractivity contribution in [1.29, 1.82) is 0 Å². The second-order valence-corrected chi connectivity index (χ2v) is 5.63. The number of likely N-dealkylation sites (tertiary alicyclic amines) is 1. The third-order valence-electron chi connectivity index (χ3n) is 4.04. The molecule has 2 nitrogen and oxygen atoms in total. The molecule has 1 aromatic rings. The minimum Gasteiger partial charge on any atom is -0.324 e. The quantitative estimate of drug-likeness (QED) is 0.884. The minimum absolute atomic E-state index is 0.162. The average Bonchev–Trinajstić information content (AvgIpc) is 2.67. The Bertz CT molecular complexity index is 328. The van der Waals surface area contributed by atoms with E-state index in [9.17, 15) is 0 Å². The van der Waals surface area contributed by atoms with Crippen LogP contribution in [0.4, 0.5) is 0 Å². The highest BCUT2D eigenvalue weighted by molar-refractivity contribution is 5.19. The van der Waals surface area contributed by atoms with E-state index < -0.39 is 0 Å². The minimum atomic E-state index is 0.162. The first-order chi connectivity index (χ1) is 8.77. The van der Waals surface area contributed by atoms with E-state index in [1.165, 1.54) is 44.3 Å². The summed E-state index contributed by atoms with van der Waals surface area (Å²) < 4.78 is 0. The van der Waals surface area contributed by atoms with Gasteiger partial charge in [0.05, 0.1) is 0 Å². The highest BCUT2D eigenvalue weighted by atomic mass is 15.1. The predicted molar refractivity (Wildman–Crippen MR) is 77.4 cm³/mol. The van der Waals surface area contributed by atoms with Crippen LogP contribution in [-0.2, 0) is 0 Å². The van der Waals surface area contributed by atoms with Crippen molar-refractivity contribution in [3.05, 3.63) is 35.9 Å². The number of hydrogen-bond donors (Lipinski definition) is 1. The van der Waals surface area contributed by atoms with E-state index in [0.29, 0.717) is 5.92 Å². The van der Waals surface area contributed by atoms with Crippen molar-refractivity contribution in [3.63, 3.8) is 0 Å². The Morgan fingerprint density at radius 1 is 1.06 bits per heavy atom. The average molecular weight is 246 g/mol. The largest absolute Gasteiger partial charge is 0.324 e. The van der Waals surface area contributed by atoms with Gasteiger partial charge in [-0.1, -0.05) is 50.1 Å². The zero-order chi connectivity index (χ0) is 12.8. The number of nitrogens with zero attached hydrogens (tertiary/aromatic N) is 1. The summed E-state index contributed by atoms with van der Waals surface area (Å²) in [7, 11) is 0. The molecule has 2 N–H and O–H groups in total. The second-order valence-electron chi connectivity index (χ2n) is 5.63. The highest BCUT2D eigenvalue weighted by Crippen LogP contribution is 2.21. The fraction of sp³-hybridized carbons (Fsp3) is 0.625. The van der Waals surface area contributed by atoms with Crippen LogP contribution in [0.3, 0.4) is 0 Å². The third-order valence-corrected chi connectivity index (χ3v) is 4.04. The van der Waals surface area contributed by atoms with Crippen LogP contribution in [0.2, 0.25) is 0 Å². The van der Waals surface area contributed by atoms with Gasteiger partial charge in [0.15, 0.2) is 0 Å². The molecular weight excluding hydrogens is 220 g/mol. The van der Waals surface area contributed by atoms with Gasteiger partial charge in [0.2, 0.25) is 0 Å². The van der Waals surface area contributed by atoms with Gasteiger partial charge in [-0.25, -0.2) is 0 Å². The zero-order valence-corrected chi connectivity index (χ0v) is 11.5. The molecule has 1 aliphatic rings. The van der Waals surface area contributed by atoms with Crippen LogP contribution in [0, 0.1) is 5.92 Å². The van der Waals surface area contributed by atoms with Crippen molar-refractivity contribution >= 4 is 0 Å². The van der Waals surface area contributed by atoms with E-state index in [-0.39, 0.29) is 6.04 Å². The number of hydrogen-bond acceptors (Lipinski definition) is 2. The molecule has 1 aromatic carbocycles. The Kier molecular flexibility index (Phi) is 5.21. The van der Waals surface area contributed by atoms with Crippen LogP contribution in [0.15, 0.2) is 30.3 Å². The van der Waals surface area contributed by atoms with Gasteiger partial charge >= 0.3 is 0 Å². The fourth-order valence-corrected chi connectivity index (χ4v) is 2.84. The molecule has 0 aromatic heterocycles. The molecule has 1 fully saturated rings. The molecule has 2 rings (SSSR count). The van der Waals surface area contributed by atoms with Gasteiger partial charge in [-0.2, -0.15) is 0 Å². The van der Waals surface area contributed by atoms with Crippen molar-refractivity contribution in [3.8, 4) is 0 Å². The maximum Gasteiger partial charge on any atom is 0.0333 e. The smallest absolute Gasteiger partial charge is 0.0333 e. The Morgan fingerprint density at radius 2 is 1.67 bits per heavy atom. The normalized spacial score (nSPS) is 21.2. The van der Waals surface area contributed by atoms with Crippen molar-refractivity contribution in [2.24, 2.45) is 11.7 Å². The molecule has 1 aliphatic heterocycles. The summed E-state index contributed by atoms with van der Waals surface area (Å²) in [6.45, 7) is 5.93. The highest BCUT2D eigenvalue weighted by Gasteiger charge is 2.18. The van der Waals surface area contributed by atoms with Crippen LogP contribution in [-0.4, -0.2) is 24.5 Å². The molecule has 0 aliphatic carbocycles. The number of benzene rings is 1. The van der Waals surface area contributed by atoms with Crippen molar-refractivity contribution < 1.29 is 0 Å². The molecule has 0 bridgehead atoms. The van der Waals surface area contributed by atoms with Gasteiger partial charge in [0.25, 0.3) is 0 Å². The lowest BCUT2D eigenvalue weighted by Gasteiger charge is -2.27. The first kappa shape index (κ1) is 13.6. The molecule has 1 saturated heterocycles. The summed E-state index contributed by atoms with van der Waals surface area (Å²) in [5.41, 5.74) is 7.63. The number of rotatable bonds is 4. The first-order valence-electron chi connectivity index (χ1n) is 7.30. The lowest BCUT2D eigenvalue weighted by Crippen LogP contribution is -2.34. The Labute approximate surface area is 111 Å². The van der Waals surface area contributed by atoms with Gasteiger partial charge in [-0.15, -0.1) is 0 Å². The molecule has 0 spiro atoms. The van der Waals surface area contributed by atoms with E-state index in [4.69, 9.17) is 5.73 Å². The van der Waals surface area contributed by atoms with Crippen LogP contribution < -0.4 is 5.73 Å². The van der Waals surface area contributed by atoms with Gasteiger partial charge in [0.1, 0.15) is 0 Å². The summed E-state index contributed by atoms with van der Waals surface area (Å²) in [6, 6.07) is 10.7. The molecule has 18 heavy (non-hydrogen) atoms. The van der Waals surface area contributed by atoms with Crippen molar-refractivity contribution in [2.75, 3.05) is 19.6 Å². The predicted octanol–water partition coefficient (Wildman–Crippen LogP) is 3.20. The van der Waals surface area contributed by atoms with Gasteiger partial charge in [-0.3, -0.25) is 0 Å². The van der Waals surface area contributed by atoms with Crippen LogP contribution in [0.1, 0.15) is 44.2 Å². The third kappa shape index (κ3) is 3.82. The maximum absolute atomic E-state index is 6.37. The van der Waals surface area contributed by atoms with E-state index in [1.807, 2.05) is 0 Å². The molecule has 100 valence electrons. The maximum atomic E-state index is 6.37. The Morgan fingerprint density at radius 3 is 2.28 bits per heavy atom. The monoisotopic (exact) mass is 246 g/mol. The molecule has 2 atom stereocenters. The molecule has 2 heteroatoms. The molecule has 0 radical (unpaired) electrons. The molecular formula is C16H26N2. The summed E-state index contributed by atoms with van der Waals surface area (Å²) in [5, 5.41) is 0. The lowest BCUT2D eigenvalue weighted by atomic mass is 9.95. The molecule has 0 amide bonds. The summed E-state index contributed by atoms with van der Waals surface area (Å²) in [4.78, 5) is 2.60. The second kappa shape index (κ2) is 6.91. The lowest BCUT2D eigenvalue weighted by molar-refractivity contribution is 0.230. The van der Waals surface area contributed by atoms with Crippen LogP contribution >= 0.6 is 0 Å². The first-order valence-corrected chi connectivity index (χ1v) is 7.30. The van der Waals surface area contributed by atoms with Crippen LogP contribution in [0.5, 0.6) is 0 Å². The van der Waals surface area contributed by atoms with E-state index >= 15 is 0 Å². The van der Waals surface area contributed by atoms with Gasteiger partial charge < -0.3 is 10.6 Å². The standard InChI is InChI=1S/C16H26N2/c1-14(13-18-11-7-2-3-8-12-18)16(17)15-9-5-4-6-10-15/h4-6,9-10,14,16H,2-3,7-8,11-13,17H2,1H3. The van der Waals surface area contributed by atoms with Gasteiger partial charge in [-0.05, 0) is 37.4 Å². The van der Waals surface area contributed by atoms with E-state index in [2.05, 4.69) is 42.2 Å². The van der Waals surface area contributed by atoms with Gasteiger partial charge in [0, 0.05) is 12.6 Å². The van der Waals surface area contributed by atoms with Crippen molar-refractivity contribution in [1.82, 2.24) is 4.90 Å². The van der Waals surface area contributed by atoms with Crippen molar-refractivity contribution in [2.45, 2.75) is 38.6 Å². The van der Waals surface area contributed by atoms with E-state index in [1.54, 1.807) is 0 Å². The molecule has 1 heterocycles. The topological polar surface area (TPSA) is 29.3 Å². The fourth-order valence-electron chi connectivity index (χ4n) is 2.84. The Balaban J connectivity index is 1.88. The summed E-state index contributed by atoms with van der Waals surface area (Å²) in [5.74, 6) is 0.519. The Hall–Kier alpha value is -0.860.